The zero-order valence-corrected chi connectivity index (χ0v) is 13.7. The van der Waals surface area contributed by atoms with Crippen molar-refractivity contribution in [3.8, 4) is 17.0 Å². The number of nitrogens with zero attached hydrogens (tertiary/aromatic N) is 4. The first-order valence-electron chi connectivity index (χ1n) is 7.36. The summed E-state index contributed by atoms with van der Waals surface area (Å²) in [6, 6.07) is 9.72. The van der Waals surface area contributed by atoms with Crippen LogP contribution >= 0.6 is 11.6 Å². The average molecular weight is 329 g/mol. The van der Waals surface area contributed by atoms with E-state index in [9.17, 15) is 0 Å². The van der Waals surface area contributed by atoms with Crippen LogP contribution in [0.15, 0.2) is 49.2 Å². The van der Waals surface area contributed by atoms with Crippen molar-refractivity contribution in [1.29, 1.82) is 0 Å². The predicted molar refractivity (Wildman–Crippen MR) is 89.6 cm³/mol. The minimum Gasteiger partial charge on any atom is -0.475 e. The lowest BCUT2D eigenvalue weighted by molar-refractivity contribution is 0.233. The minimum absolute atomic E-state index is 0.0431. The van der Waals surface area contributed by atoms with Gasteiger partial charge in [-0.2, -0.15) is 5.10 Å². The van der Waals surface area contributed by atoms with Crippen LogP contribution < -0.4 is 4.74 Å². The molecule has 0 spiro atoms. The third kappa shape index (κ3) is 3.87. The summed E-state index contributed by atoms with van der Waals surface area (Å²) in [6.07, 6.45) is 5.04. The molecule has 0 amide bonds. The Hall–Kier alpha value is -2.40. The van der Waals surface area contributed by atoms with Gasteiger partial charge in [0.15, 0.2) is 0 Å². The number of rotatable bonds is 5. The maximum atomic E-state index is 6.12. The second kappa shape index (κ2) is 6.79. The molecule has 23 heavy (non-hydrogen) atoms. The molecule has 2 aromatic heterocycles. The Labute approximate surface area is 139 Å². The van der Waals surface area contributed by atoms with Gasteiger partial charge in [0.05, 0.1) is 12.6 Å². The molecule has 0 aliphatic rings. The molecule has 5 nitrogen and oxygen atoms in total. The molecule has 6 heteroatoms. The van der Waals surface area contributed by atoms with Gasteiger partial charge in [-0.3, -0.25) is 0 Å². The molecule has 1 aromatic carbocycles. The third-order valence-electron chi connectivity index (χ3n) is 3.20. The first-order chi connectivity index (χ1) is 11.1. The topological polar surface area (TPSA) is 52.8 Å². The summed E-state index contributed by atoms with van der Waals surface area (Å²) in [4.78, 5) is 8.44. The molecule has 118 valence electrons. The Kier molecular flexibility index (Phi) is 4.57. The molecule has 0 aliphatic heterocycles. The lowest BCUT2D eigenvalue weighted by Crippen LogP contribution is -2.09. The first-order valence-corrected chi connectivity index (χ1v) is 7.73. The second-order valence-corrected chi connectivity index (χ2v) is 5.90. The summed E-state index contributed by atoms with van der Waals surface area (Å²) in [6.45, 7) is 4.56. The van der Waals surface area contributed by atoms with Crippen molar-refractivity contribution in [2.24, 2.45) is 0 Å². The van der Waals surface area contributed by atoms with E-state index in [0.717, 1.165) is 16.7 Å². The van der Waals surface area contributed by atoms with E-state index in [0.29, 0.717) is 17.4 Å². The smallest absolute Gasteiger partial charge is 0.221 e. The van der Waals surface area contributed by atoms with Gasteiger partial charge in [-0.25, -0.2) is 14.6 Å². The molecule has 0 unspecified atom stereocenters. The van der Waals surface area contributed by atoms with Crippen LogP contribution in [0.25, 0.3) is 11.1 Å². The molecule has 0 N–H and O–H groups in total. The molecule has 0 saturated heterocycles. The Balaban J connectivity index is 2.01. The van der Waals surface area contributed by atoms with Crippen molar-refractivity contribution in [1.82, 2.24) is 19.7 Å². The van der Waals surface area contributed by atoms with Crippen molar-refractivity contribution >= 4 is 11.6 Å². The van der Waals surface area contributed by atoms with Gasteiger partial charge >= 0.3 is 0 Å². The summed E-state index contributed by atoms with van der Waals surface area (Å²) >= 11 is 6.12. The molecule has 0 saturated carbocycles. The monoisotopic (exact) mass is 328 g/mol. The first kappa shape index (κ1) is 15.5. The molecule has 0 bridgehead atoms. The summed E-state index contributed by atoms with van der Waals surface area (Å²) in [5.74, 6) is 0.601. The third-order valence-corrected chi connectivity index (χ3v) is 3.44. The van der Waals surface area contributed by atoms with Crippen LogP contribution in [0, 0.1) is 0 Å². The zero-order chi connectivity index (χ0) is 16.2. The number of aromatic nitrogens is 4. The molecule has 0 aliphatic carbocycles. The predicted octanol–water partition coefficient (Wildman–Crippen LogP) is 3.83. The number of benzene rings is 1. The fourth-order valence-electron chi connectivity index (χ4n) is 2.26. The molecule has 0 atom stereocenters. The number of hydrogen-bond acceptors (Lipinski definition) is 4. The highest BCUT2D eigenvalue weighted by Gasteiger charge is 2.12. The van der Waals surface area contributed by atoms with Crippen LogP contribution in [0.1, 0.15) is 19.4 Å². The number of ether oxygens (including phenoxy) is 1. The molecule has 0 fully saturated rings. The van der Waals surface area contributed by atoms with Crippen LogP contribution in [0.2, 0.25) is 5.02 Å². The maximum absolute atomic E-state index is 6.12. The van der Waals surface area contributed by atoms with Crippen molar-refractivity contribution in [3.63, 3.8) is 0 Å². The molecular formula is C17H17ClN4O. The van der Waals surface area contributed by atoms with Gasteiger partial charge in [0, 0.05) is 16.8 Å². The van der Waals surface area contributed by atoms with E-state index >= 15 is 0 Å². The Morgan fingerprint density at radius 3 is 2.83 bits per heavy atom. The molecule has 2 heterocycles. The molecule has 0 radical (unpaired) electrons. The van der Waals surface area contributed by atoms with Gasteiger partial charge in [-0.05, 0) is 43.2 Å². The van der Waals surface area contributed by atoms with Crippen molar-refractivity contribution in [3.05, 3.63) is 59.8 Å². The van der Waals surface area contributed by atoms with Gasteiger partial charge in [0.25, 0.3) is 0 Å². The van der Waals surface area contributed by atoms with Gasteiger partial charge < -0.3 is 4.74 Å². The van der Waals surface area contributed by atoms with Gasteiger partial charge in [0.2, 0.25) is 5.88 Å². The van der Waals surface area contributed by atoms with Crippen molar-refractivity contribution < 1.29 is 4.74 Å². The highest BCUT2D eigenvalue weighted by Crippen LogP contribution is 2.31. The van der Waals surface area contributed by atoms with Gasteiger partial charge in [-0.15, -0.1) is 0 Å². The summed E-state index contributed by atoms with van der Waals surface area (Å²) in [5, 5.41) is 4.80. The van der Waals surface area contributed by atoms with E-state index in [4.69, 9.17) is 16.3 Å². The van der Waals surface area contributed by atoms with Crippen LogP contribution in [0.4, 0.5) is 0 Å². The highest BCUT2D eigenvalue weighted by molar-refractivity contribution is 6.30. The normalized spacial score (nSPS) is 11.0. The number of pyridine rings is 1. The average Bonchev–Trinajstić information content (AvgIpc) is 3.01. The van der Waals surface area contributed by atoms with Crippen molar-refractivity contribution in [2.45, 2.75) is 26.5 Å². The van der Waals surface area contributed by atoms with Gasteiger partial charge in [-0.1, -0.05) is 23.7 Å². The standard InChI is InChI=1S/C17H17ClN4O/c1-12(2)23-17-16(14-4-3-5-15(18)7-14)6-13(8-20-17)9-22-11-19-10-21-22/h3-8,10-12H,9H2,1-2H3. The number of halogens is 1. The quantitative estimate of drug-likeness (QED) is 0.714. The van der Waals surface area contributed by atoms with E-state index in [1.165, 1.54) is 6.33 Å². The summed E-state index contributed by atoms with van der Waals surface area (Å²) in [7, 11) is 0. The second-order valence-electron chi connectivity index (χ2n) is 5.47. The zero-order valence-electron chi connectivity index (χ0n) is 13.0. The lowest BCUT2D eigenvalue weighted by Gasteiger charge is -2.15. The van der Waals surface area contributed by atoms with Gasteiger partial charge in [0.1, 0.15) is 12.7 Å². The van der Waals surface area contributed by atoms with E-state index in [-0.39, 0.29) is 6.10 Å². The SMILES string of the molecule is CC(C)Oc1ncc(Cn2cncn2)cc1-c1cccc(Cl)c1. The van der Waals surface area contributed by atoms with Crippen molar-refractivity contribution in [2.75, 3.05) is 0 Å². The van der Waals surface area contributed by atoms with Crippen LogP contribution in [0.5, 0.6) is 5.88 Å². The van der Waals surface area contributed by atoms with Crippen LogP contribution in [0.3, 0.4) is 0 Å². The minimum atomic E-state index is 0.0431. The largest absolute Gasteiger partial charge is 0.475 e. The maximum Gasteiger partial charge on any atom is 0.221 e. The molecule has 3 aromatic rings. The summed E-state index contributed by atoms with van der Waals surface area (Å²) < 4.78 is 7.59. The fourth-order valence-corrected chi connectivity index (χ4v) is 2.45. The Bertz CT molecular complexity index is 787. The van der Waals surface area contributed by atoms with E-state index < -0.39 is 0 Å². The van der Waals surface area contributed by atoms with E-state index in [1.54, 1.807) is 17.2 Å². The van der Waals surface area contributed by atoms with E-state index in [1.807, 2.05) is 38.1 Å². The van der Waals surface area contributed by atoms with Crippen LogP contribution in [-0.2, 0) is 6.54 Å². The van der Waals surface area contributed by atoms with Crippen LogP contribution in [-0.4, -0.2) is 25.9 Å². The fraction of sp³-hybridized carbons (Fsp3) is 0.235. The highest BCUT2D eigenvalue weighted by atomic mass is 35.5. The number of hydrogen-bond donors (Lipinski definition) is 0. The summed E-state index contributed by atoms with van der Waals surface area (Å²) in [5.41, 5.74) is 2.90. The Morgan fingerprint density at radius 1 is 1.26 bits per heavy atom. The van der Waals surface area contributed by atoms with E-state index in [2.05, 4.69) is 21.1 Å². The Morgan fingerprint density at radius 2 is 2.13 bits per heavy atom. The lowest BCUT2D eigenvalue weighted by atomic mass is 10.1. The molecule has 3 rings (SSSR count). The molecular weight excluding hydrogens is 312 g/mol.